The van der Waals surface area contributed by atoms with Crippen LogP contribution in [0.4, 0.5) is 11.5 Å². The number of aryl methyl sites for hydroxylation is 1. The van der Waals surface area contributed by atoms with Gasteiger partial charge < -0.3 is 9.64 Å². The van der Waals surface area contributed by atoms with Crippen LogP contribution in [0.2, 0.25) is 0 Å². The number of aliphatic imine (C=N–C) groups is 1. The van der Waals surface area contributed by atoms with Crippen LogP contribution >= 0.6 is 0 Å². The highest BCUT2D eigenvalue weighted by Gasteiger charge is 2.22. The third-order valence-corrected chi connectivity index (χ3v) is 3.88. The number of ether oxygens (including phenoxy) is 1. The van der Waals surface area contributed by atoms with Crippen LogP contribution in [0.25, 0.3) is 0 Å². The van der Waals surface area contributed by atoms with E-state index in [1.807, 2.05) is 0 Å². The van der Waals surface area contributed by atoms with Gasteiger partial charge in [0.25, 0.3) is 5.82 Å². The molecule has 1 aromatic heterocycles. The van der Waals surface area contributed by atoms with Gasteiger partial charge in [-0.15, -0.1) is 0 Å². The van der Waals surface area contributed by atoms with Gasteiger partial charge >= 0.3 is 0 Å². The van der Waals surface area contributed by atoms with Crippen LogP contribution in [0.5, 0.6) is 0 Å². The van der Waals surface area contributed by atoms with E-state index in [1.54, 1.807) is 0 Å². The maximum absolute atomic E-state index is 5.43. The minimum absolute atomic E-state index is 0.798. The Bertz CT molecular complexity index is 535. The quantitative estimate of drug-likeness (QED) is 0.596. The molecule has 0 radical (unpaired) electrons. The van der Waals surface area contributed by atoms with Crippen molar-refractivity contribution >= 4 is 18.2 Å². The molecule has 1 aromatic rings. The molecule has 1 fully saturated rings. The minimum Gasteiger partial charge on any atom is -0.373 e. The van der Waals surface area contributed by atoms with Crippen LogP contribution in [0.15, 0.2) is 35.2 Å². The fourth-order valence-corrected chi connectivity index (χ4v) is 2.79. The van der Waals surface area contributed by atoms with Crippen molar-refractivity contribution in [1.29, 1.82) is 0 Å². The topological polar surface area (TPSA) is 31.9 Å². The van der Waals surface area contributed by atoms with Crippen molar-refractivity contribution in [2.75, 3.05) is 42.6 Å². The summed E-state index contributed by atoms with van der Waals surface area (Å²) in [5, 5.41) is 0. The predicted octanol–water partition coefficient (Wildman–Crippen LogP) is 2.13. The van der Waals surface area contributed by atoms with Crippen molar-refractivity contribution in [3.8, 4) is 0 Å². The summed E-state index contributed by atoms with van der Waals surface area (Å²) in [5.41, 5.74) is 1.13. The normalized spacial score (nSPS) is 15.8. The monoisotopic (exact) mass is 303 g/mol. The van der Waals surface area contributed by atoms with E-state index in [4.69, 9.17) is 4.74 Å². The number of pyridine rings is 1. The Balaban J connectivity index is 2.26. The summed E-state index contributed by atoms with van der Waals surface area (Å²) in [7, 11) is 2.09. The molecule has 0 unspecified atom stereocenters. The molecule has 0 amide bonds. The van der Waals surface area contributed by atoms with E-state index in [9.17, 15) is 0 Å². The summed E-state index contributed by atoms with van der Waals surface area (Å²) in [5.74, 6) is 2.14. The lowest BCUT2D eigenvalue weighted by Crippen LogP contribution is -2.45. The Morgan fingerprint density at radius 1 is 1.41 bits per heavy atom. The third-order valence-electron chi connectivity index (χ3n) is 3.88. The predicted molar refractivity (Wildman–Crippen MR) is 91.6 cm³/mol. The number of hydrogen-bond donors (Lipinski definition) is 0. The third kappa shape index (κ3) is 3.65. The maximum Gasteiger partial charge on any atom is 0.276 e. The first-order valence-corrected chi connectivity index (χ1v) is 7.98. The van der Waals surface area contributed by atoms with Crippen molar-refractivity contribution in [2.24, 2.45) is 12.0 Å². The van der Waals surface area contributed by atoms with Gasteiger partial charge in [-0.25, -0.2) is 9.56 Å². The molecule has 1 aliphatic rings. The van der Waals surface area contributed by atoms with Crippen molar-refractivity contribution in [1.82, 2.24) is 0 Å². The Morgan fingerprint density at radius 2 is 2.14 bits per heavy atom. The van der Waals surface area contributed by atoms with Crippen LogP contribution in [0.1, 0.15) is 20.3 Å². The average molecular weight is 303 g/mol. The highest BCUT2D eigenvalue weighted by molar-refractivity contribution is 5.53. The number of aromatic nitrogens is 1. The number of hydrogen-bond acceptors (Lipinski definition) is 4. The first-order valence-electron chi connectivity index (χ1n) is 7.98. The van der Waals surface area contributed by atoms with Gasteiger partial charge in [-0.1, -0.05) is 6.92 Å². The number of allylic oxidation sites excluding steroid dienone is 1. The zero-order chi connectivity index (χ0) is 15.9. The number of rotatable bonds is 6. The first-order chi connectivity index (χ1) is 10.7. The van der Waals surface area contributed by atoms with Crippen LogP contribution in [-0.2, 0) is 11.8 Å². The van der Waals surface area contributed by atoms with Gasteiger partial charge in [-0.3, -0.25) is 4.90 Å². The summed E-state index contributed by atoms with van der Waals surface area (Å²) in [6.07, 6.45) is 5.21. The number of anilines is 2. The highest BCUT2D eigenvalue weighted by atomic mass is 16.5. The molecule has 5 heteroatoms. The molecule has 5 nitrogen and oxygen atoms in total. The molecule has 120 valence electrons. The summed E-state index contributed by atoms with van der Waals surface area (Å²) in [6, 6.07) is 4.33. The van der Waals surface area contributed by atoms with E-state index in [2.05, 4.69) is 71.4 Å². The molecule has 0 saturated carbocycles. The van der Waals surface area contributed by atoms with Crippen LogP contribution < -0.4 is 14.4 Å². The molecule has 2 heterocycles. The lowest BCUT2D eigenvalue weighted by Gasteiger charge is -2.25. The van der Waals surface area contributed by atoms with E-state index >= 15 is 0 Å². The fraction of sp³-hybridized carbons (Fsp3) is 0.529. The van der Waals surface area contributed by atoms with Gasteiger partial charge in [0.2, 0.25) is 0 Å². The second-order valence-corrected chi connectivity index (χ2v) is 5.33. The van der Waals surface area contributed by atoms with Crippen LogP contribution in [0, 0.1) is 0 Å². The molecule has 0 aliphatic carbocycles. The fourth-order valence-electron chi connectivity index (χ4n) is 2.79. The molecule has 0 bridgehead atoms. The molecule has 2 rings (SSSR count). The largest absolute Gasteiger partial charge is 0.373 e. The number of morpholine rings is 1. The SMILES string of the molecule is C=NC(=CCC)N(CC)c1ccc(N2CCOCC2)[n+](C)c1. The van der Waals surface area contributed by atoms with Gasteiger partial charge in [0.1, 0.15) is 25.1 Å². The zero-order valence-corrected chi connectivity index (χ0v) is 14.0. The van der Waals surface area contributed by atoms with E-state index in [0.29, 0.717) is 0 Å². The molecule has 0 spiro atoms. The molecule has 0 N–H and O–H groups in total. The van der Waals surface area contributed by atoms with Crippen LogP contribution in [-0.4, -0.2) is 39.6 Å². The Morgan fingerprint density at radius 3 is 2.68 bits per heavy atom. The first kappa shape index (κ1) is 16.5. The molecule has 22 heavy (non-hydrogen) atoms. The van der Waals surface area contributed by atoms with Gasteiger partial charge in [0.05, 0.1) is 25.9 Å². The molecule has 1 saturated heterocycles. The molecular formula is C17H27N4O+. The van der Waals surface area contributed by atoms with Crippen molar-refractivity contribution < 1.29 is 9.30 Å². The van der Waals surface area contributed by atoms with Gasteiger partial charge in [-0.2, -0.15) is 0 Å². The summed E-state index contributed by atoms with van der Waals surface area (Å²) in [4.78, 5) is 8.71. The summed E-state index contributed by atoms with van der Waals surface area (Å²) < 4.78 is 7.60. The van der Waals surface area contributed by atoms with E-state index in [1.165, 1.54) is 5.82 Å². The molecular weight excluding hydrogens is 276 g/mol. The van der Waals surface area contributed by atoms with E-state index in [0.717, 1.165) is 50.8 Å². The van der Waals surface area contributed by atoms with Gasteiger partial charge in [0, 0.05) is 12.6 Å². The molecule has 0 aromatic carbocycles. The van der Waals surface area contributed by atoms with Gasteiger partial charge in [-0.05, 0) is 32.2 Å². The smallest absolute Gasteiger partial charge is 0.276 e. The van der Waals surface area contributed by atoms with E-state index < -0.39 is 0 Å². The van der Waals surface area contributed by atoms with E-state index in [-0.39, 0.29) is 0 Å². The van der Waals surface area contributed by atoms with Crippen LogP contribution in [0.3, 0.4) is 0 Å². The Kier molecular flexibility index (Phi) is 5.95. The highest BCUT2D eigenvalue weighted by Crippen LogP contribution is 2.21. The van der Waals surface area contributed by atoms with Crippen molar-refractivity contribution in [3.05, 3.63) is 30.2 Å². The minimum atomic E-state index is 0.798. The standard InChI is InChI=1S/C17H27N4O/c1-5-7-16(18-3)21(6-2)15-8-9-17(19(4)14-15)20-10-12-22-13-11-20/h7-9,14H,3,5-6,10-13H2,1-2,4H3/q+1. The Hall–Kier alpha value is -1.88. The second-order valence-electron chi connectivity index (χ2n) is 5.33. The van der Waals surface area contributed by atoms with Crippen molar-refractivity contribution in [2.45, 2.75) is 20.3 Å². The lowest BCUT2D eigenvalue weighted by molar-refractivity contribution is -0.658. The summed E-state index contributed by atoms with van der Waals surface area (Å²) >= 11 is 0. The average Bonchev–Trinajstić information content (AvgIpc) is 2.55. The maximum atomic E-state index is 5.43. The lowest BCUT2D eigenvalue weighted by atomic mass is 10.3. The zero-order valence-electron chi connectivity index (χ0n) is 14.0. The van der Waals surface area contributed by atoms with Gasteiger partial charge in [0.15, 0.2) is 0 Å². The van der Waals surface area contributed by atoms with Crippen molar-refractivity contribution in [3.63, 3.8) is 0 Å². The Labute approximate surface area is 133 Å². The summed E-state index contributed by atoms with van der Waals surface area (Å²) in [6.45, 7) is 12.3. The molecule has 1 aliphatic heterocycles. The second kappa shape index (κ2) is 7.94. The molecule has 0 atom stereocenters. The number of nitrogens with zero attached hydrogens (tertiary/aromatic N) is 4.